The van der Waals surface area contributed by atoms with Gasteiger partial charge in [0.15, 0.2) is 11.5 Å². The molecule has 0 aliphatic heterocycles. The van der Waals surface area contributed by atoms with Crippen LogP contribution in [0, 0.1) is 0 Å². The Morgan fingerprint density at radius 2 is 2.32 bits per heavy atom. The zero-order valence-electron chi connectivity index (χ0n) is 10.0. The Bertz CT molecular complexity index is 696. The number of nitrogens with zero attached hydrogens (tertiary/aromatic N) is 3. The number of carbonyl (C=O) groups excluding carboxylic acids is 1. The minimum atomic E-state index is -0.366. The Morgan fingerprint density at radius 1 is 1.42 bits per heavy atom. The molecule has 3 aromatic rings. The number of aromatic nitrogens is 3. The van der Waals surface area contributed by atoms with Gasteiger partial charge in [0, 0.05) is 19.3 Å². The van der Waals surface area contributed by atoms with E-state index in [-0.39, 0.29) is 11.6 Å². The molecule has 0 aliphatic rings. The molecular formula is C12H10N4O3. The van der Waals surface area contributed by atoms with E-state index in [1.165, 1.54) is 12.3 Å². The average molecular weight is 258 g/mol. The fourth-order valence-electron chi connectivity index (χ4n) is 1.60. The van der Waals surface area contributed by atoms with Gasteiger partial charge in [0.25, 0.3) is 5.91 Å². The molecule has 0 spiro atoms. The van der Waals surface area contributed by atoms with Crippen LogP contribution < -0.4 is 5.32 Å². The van der Waals surface area contributed by atoms with Gasteiger partial charge in [-0.05, 0) is 12.1 Å². The topological polar surface area (TPSA) is 86.1 Å². The molecule has 0 bridgehead atoms. The van der Waals surface area contributed by atoms with E-state index in [1.807, 2.05) is 0 Å². The fraction of sp³-hybridized carbons (Fsp3) is 0.0833. The molecular weight excluding hydrogens is 248 g/mol. The van der Waals surface area contributed by atoms with Gasteiger partial charge in [-0.3, -0.25) is 9.48 Å². The number of hydrogen-bond acceptors (Lipinski definition) is 5. The minimum Gasteiger partial charge on any atom is -0.461 e. The molecule has 0 aliphatic carbocycles. The average Bonchev–Trinajstić information content (AvgIpc) is 3.08. The van der Waals surface area contributed by atoms with E-state index in [9.17, 15) is 4.79 Å². The van der Waals surface area contributed by atoms with Crippen molar-refractivity contribution in [1.82, 2.24) is 14.9 Å². The third kappa shape index (κ3) is 2.25. The van der Waals surface area contributed by atoms with Crippen molar-refractivity contribution in [3.63, 3.8) is 0 Å². The summed E-state index contributed by atoms with van der Waals surface area (Å²) in [6.45, 7) is 0. The number of carbonyl (C=O) groups is 1. The second-order valence-electron chi connectivity index (χ2n) is 3.91. The lowest BCUT2D eigenvalue weighted by Gasteiger charge is -1.96. The van der Waals surface area contributed by atoms with Crippen LogP contribution in [0.4, 0.5) is 5.69 Å². The molecule has 1 amide bonds. The Kier molecular flexibility index (Phi) is 2.64. The Hall–Kier alpha value is -2.83. The number of amides is 1. The molecule has 7 heteroatoms. The van der Waals surface area contributed by atoms with Gasteiger partial charge in [-0.15, -0.1) is 0 Å². The van der Waals surface area contributed by atoms with Crippen LogP contribution in [0.25, 0.3) is 11.5 Å². The van der Waals surface area contributed by atoms with Crippen LogP contribution in [0.1, 0.15) is 10.5 Å². The van der Waals surface area contributed by atoms with E-state index in [0.717, 1.165) is 0 Å². The van der Waals surface area contributed by atoms with Crippen molar-refractivity contribution in [3.8, 4) is 11.5 Å². The molecule has 0 aromatic carbocycles. The fourth-order valence-corrected chi connectivity index (χ4v) is 1.60. The van der Waals surface area contributed by atoms with Gasteiger partial charge in [0.1, 0.15) is 0 Å². The Morgan fingerprint density at radius 3 is 3.00 bits per heavy atom. The summed E-state index contributed by atoms with van der Waals surface area (Å²) in [6.07, 6.45) is 4.75. The number of rotatable bonds is 3. The molecule has 0 atom stereocenters. The first-order chi connectivity index (χ1) is 9.22. The highest BCUT2D eigenvalue weighted by Gasteiger charge is 2.15. The van der Waals surface area contributed by atoms with Gasteiger partial charge in [0.2, 0.25) is 5.76 Å². The summed E-state index contributed by atoms with van der Waals surface area (Å²) >= 11 is 0. The molecule has 0 radical (unpaired) electrons. The van der Waals surface area contributed by atoms with Gasteiger partial charge < -0.3 is 14.3 Å². The first-order valence-electron chi connectivity index (χ1n) is 5.53. The van der Waals surface area contributed by atoms with Gasteiger partial charge >= 0.3 is 0 Å². The summed E-state index contributed by atoms with van der Waals surface area (Å²) in [5.74, 6) is 0.559. The maximum Gasteiger partial charge on any atom is 0.277 e. The summed E-state index contributed by atoms with van der Waals surface area (Å²) in [7, 11) is 1.76. The first-order valence-corrected chi connectivity index (χ1v) is 5.53. The van der Waals surface area contributed by atoms with Crippen molar-refractivity contribution in [3.05, 3.63) is 42.5 Å². The van der Waals surface area contributed by atoms with Gasteiger partial charge in [0.05, 0.1) is 18.1 Å². The van der Waals surface area contributed by atoms with E-state index in [2.05, 4.69) is 15.6 Å². The highest BCUT2D eigenvalue weighted by Crippen LogP contribution is 2.20. The van der Waals surface area contributed by atoms with Crippen LogP contribution in [-0.2, 0) is 7.05 Å². The van der Waals surface area contributed by atoms with Gasteiger partial charge in [-0.2, -0.15) is 5.10 Å². The molecule has 1 N–H and O–H groups in total. The van der Waals surface area contributed by atoms with Crippen molar-refractivity contribution >= 4 is 11.6 Å². The van der Waals surface area contributed by atoms with Gasteiger partial charge in [-0.25, -0.2) is 0 Å². The molecule has 96 valence electrons. The highest BCUT2D eigenvalue weighted by molar-refractivity contribution is 6.03. The third-order valence-electron chi connectivity index (χ3n) is 2.47. The third-order valence-corrected chi connectivity index (χ3v) is 2.47. The largest absolute Gasteiger partial charge is 0.461 e. The number of furan rings is 1. The lowest BCUT2D eigenvalue weighted by atomic mass is 10.3. The van der Waals surface area contributed by atoms with Crippen LogP contribution >= 0.6 is 0 Å². The Labute approximate surface area is 107 Å². The zero-order chi connectivity index (χ0) is 13.2. The van der Waals surface area contributed by atoms with E-state index < -0.39 is 0 Å². The quantitative estimate of drug-likeness (QED) is 0.775. The molecule has 3 aromatic heterocycles. The summed E-state index contributed by atoms with van der Waals surface area (Å²) in [5.41, 5.74) is 0.769. The smallest absolute Gasteiger partial charge is 0.277 e. The number of anilines is 1. The molecule has 0 unspecified atom stereocenters. The van der Waals surface area contributed by atoms with Crippen LogP contribution in [0.3, 0.4) is 0 Å². The summed E-state index contributed by atoms with van der Waals surface area (Å²) in [6, 6.07) is 4.97. The van der Waals surface area contributed by atoms with Crippen molar-refractivity contribution in [2.75, 3.05) is 5.32 Å². The SMILES string of the molecule is Cn1cc(NC(=O)c2cc(-c3ccco3)on2)cn1. The predicted molar refractivity (Wildman–Crippen MR) is 65.4 cm³/mol. The van der Waals surface area contributed by atoms with E-state index in [4.69, 9.17) is 8.94 Å². The van der Waals surface area contributed by atoms with E-state index >= 15 is 0 Å². The van der Waals surface area contributed by atoms with Crippen molar-refractivity contribution < 1.29 is 13.7 Å². The normalized spacial score (nSPS) is 10.6. The van der Waals surface area contributed by atoms with E-state index in [0.29, 0.717) is 17.2 Å². The summed E-state index contributed by atoms with van der Waals surface area (Å²) in [4.78, 5) is 11.9. The number of nitrogens with one attached hydrogen (secondary N) is 1. The second kappa shape index (κ2) is 4.45. The molecule has 19 heavy (non-hydrogen) atoms. The predicted octanol–water partition coefficient (Wildman–Crippen LogP) is 1.92. The molecule has 3 heterocycles. The molecule has 0 saturated carbocycles. The molecule has 3 rings (SSSR count). The number of aryl methyl sites for hydroxylation is 1. The first kappa shape index (κ1) is 11.3. The highest BCUT2D eigenvalue weighted by atomic mass is 16.5. The van der Waals surface area contributed by atoms with Crippen LogP contribution in [0.15, 0.2) is 45.8 Å². The van der Waals surface area contributed by atoms with Crippen molar-refractivity contribution in [2.45, 2.75) is 0 Å². The monoisotopic (exact) mass is 258 g/mol. The summed E-state index contributed by atoms with van der Waals surface area (Å²) < 4.78 is 11.8. The summed E-state index contributed by atoms with van der Waals surface area (Å²) in [5, 5.41) is 10.3. The molecule has 0 fully saturated rings. The zero-order valence-corrected chi connectivity index (χ0v) is 10.0. The Balaban J connectivity index is 1.77. The van der Waals surface area contributed by atoms with Crippen LogP contribution in [0.2, 0.25) is 0 Å². The lowest BCUT2D eigenvalue weighted by molar-refractivity contribution is 0.101. The minimum absolute atomic E-state index is 0.176. The maximum atomic E-state index is 11.9. The standard InChI is InChI=1S/C12H10N4O3/c1-16-7-8(6-13-16)14-12(17)9-5-11(19-15-9)10-3-2-4-18-10/h2-7H,1H3,(H,14,17). The maximum absolute atomic E-state index is 11.9. The molecule has 7 nitrogen and oxygen atoms in total. The van der Waals surface area contributed by atoms with Crippen molar-refractivity contribution in [2.24, 2.45) is 7.05 Å². The second-order valence-corrected chi connectivity index (χ2v) is 3.91. The van der Waals surface area contributed by atoms with Crippen LogP contribution in [0.5, 0.6) is 0 Å². The van der Waals surface area contributed by atoms with Crippen LogP contribution in [-0.4, -0.2) is 20.8 Å². The van der Waals surface area contributed by atoms with E-state index in [1.54, 1.807) is 36.3 Å². The molecule has 0 saturated heterocycles. The van der Waals surface area contributed by atoms with Crippen molar-refractivity contribution in [1.29, 1.82) is 0 Å². The number of hydrogen-bond donors (Lipinski definition) is 1. The van der Waals surface area contributed by atoms with Gasteiger partial charge in [-0.1, -0.05) is 5.16 Å². The lowest BCUT2D eigenvalue weighted by Crippen LogP contribution is -2.11.